The molecule has 3 rings (SSSR count). The first kappa shape index (κ1) is 21.5. The minimum Gasteiger partial charge on any atom is -0.324 e. The lowest BCUT2D eigenvalue weighted by Gasteiger charge is -2.21. The van der Waals surface area contributed by atoms with Crippen LogP contribution in [0, 0.1) is 10.1 Å². The number of para-hydroxylation sites is 1. The summed E-state index contributed by atoms with van der Waals surface area (Å²) in [7, 11) is -10.6. The molecular weight excluding hydrogens is 442 g/mol. The Hall–Kier alpha value is -2.23. The fourth-order valence-electron chi connectivity index (χ4n) is 2.67. The Morgan fingerprint density at radius 3 is 2.14 bits per heavy atom. The molecule has 0 radical (unpaired) electrons. The molecule has 0 aliphatic rings. The molecule has 2 aromatic carbocycles. The first-order valence-corrected chi connectivity index (χ1v) is 12.1. The van der Waals surface area contributed by atoms with Crippen LogP contribution in [-0.2, 0) is 9.13 Å². The molecule has 0 aliphatic heterocycles. The Labute approximate surface area is 167 Å². The fourth-order valence-corrected chi connectivity index (χ4v) is 6.54. The van der Waals surface area contributed by atoms with Crippen LogP contribution in [0.3, 0.4) is 0 Å². The number of non-ortho nitro benzene ring substituents is 1. The van der Waals surface area contributed by atoms with Crippen LogP contribution in [0.4, 0.5) is 5.69 Å². The second-order valence-corrected chi connectivity index (χ2v) is 10.8. The second kappa shape index (κ2) is 7.89. The lowest BCUT2D eigenvalue weighted by Crippen LogP contribution is -2.12. The fraction of sp³-hybridized carbons (Fsp3) is 0.0625. The molecule has 152 valence electrons. The Balaban J connectivity index is 2.23. The van der Waals surface area contributed by atoms with Gasteiger partial charge in [0.15, 0.2) is 5.40 Å². The molecule has 0 spiro atoms. The molecule has 0 bridgehead atoms. The van der Waals surface area contributed by atoms with Crippen LogP contribution in [-0.4, -0.2) is 34.9 Å². The number of rotatable bonds is 6. The van der Waals surface area contributed by atoms with Crippen molar-refractivity contribution in [1.29, 1.82) is 0 Å². The molecular formula is C16H14N2O8P2S. The predicted molar refractivity (Wildman–Crippen MR) is 108 cm³/mol. The Morgan fingerprint density at radius 1 is 1.03 bits per heavy atom. The highest BCUT2D eigenvalue weighted by Crippen LogP contribution is 2.65. The van der Waals surface area contributed by atoms with Crippen LogP contribution < -0.4 is 0 Å². The van der Waals surface area contributed by atoms with Gasteiger partial charge in [-0.1, -0.05) is 12.1 Å². The van der Waals surface area contributed by atoms with Crippen LogP contribution in [0.25, 0.3) is 21.9 Å². The highest BCUT2D eigenvalue weighted by atomic mass is 32.1. The molecule has 0 unspecified atom stereocenters. The summed E-state index contributed by atoms with van der Waals surface area (Å²) < 4.78 is 24.6. The van der Waals surface area contributed by atoms with E-state index in [0.29, 0.717) is 10.2 Å². The quantitative estimate of drug-likeness (QED) is 0.246. The normalized spacial score (nSPS) is 13.2. The molecule has 0 saturated heterocycles. The van der Waals surface area contributed by atoms with E-state index < -0.39 is 25.5 Å². The van der Waals surface area contributed by atoms with E-state index in [1.54, 1.807) is 24.3 Å². The van der Waals surface area contributed by atoms with Gasteiger partial charge in [-0.05, 0) is 35.9 Å². The van der Waals surface area contributed by atoms with Gasteiger partial charge in [0.2, 0.25) is 0 Å². The molecule has 0 saturated carbocycles. The zero-order chi connectivity index (χ0) is 21.4. The molecule has 0 aliphatic carbocycles. The third-order valence-electron chi connectivity index (χ3n) is 3.88. The van der Waals surface area contributed by atoms with Crippen molar-refractivity contribution in [2.24, 2.45) is 0 Å². The van der Waals surface area contributed by atoms with E-state index in [1.165, 1.54) is 30.3 Å². The lowest BCUT2D eigenvalue weighted by molar-refractivity contribution is -0.384. The molecule has 1 heterocycles. The van der Waals surface area contributed by atoms with Crippen molar-refractivity contribution in [1.82, 2.24) is 4.98 Å². The molecule has 1 aromatic heterocycles. The van der Waals surface area contributed by atoms with Gasteiger partial charge in [-0.3, -0.25) is 19.2 Å². The number of fused-ring (bicyclic) bond motifs is 1. The topological polar surface area (TPSA) is 171 Å². The number of nitro benzene ring substituents is 1. The smallest absolute Gasteiger partial charge is 0.324 e. The van der Waals surface area contributed by atoms with Crippen LogP contribution in [0.15, 0.2) is 48.5 Å². The molecule has 4 N–H and O–H groups in total. The highest BCUT2D eigenvalue weighted by molar-refractivity contribution is 7.72. The monoisotopic (exact) mass is 456 g/mol. The highest BCUT2D eigenvalue weighted by Gasteiger charge is 2.47. The summed E-state index contributed by atoms with van der Waals surface area (Å²) in [4.78, 5) is 53.2. The first-order valence-electron chi connectivity index (χ1n) is 7.89. The zero-order valence-corrected chi connectivity index (χ0v) is 17.0. The van der Waals surface area contributed by atoms with E-state index in [-0.39, 0.29) is 21.8 Å². The minimum absolute atomic E-state index is 0.0289. The van der Waals surface area contributed by atoms with Gasteiger partial charge in [0.05, 0.1) is 15.1 Å². The van der Waals surface area contributed by atoms with E-state index in [4.69, 9.17) is 0 Å². The van der Waals surface area contributed by atoms with Gasteiger partial charge < -0.3 is 19.6 Å². The summed E-state index contributed by atoms with van der Waals surface area (Å²) in [5.74, 6) is 0. The van der Waals surface area contributed by atoms with Crippen molar-refractivity contribution in [2.75, 3.05) is 0 Å². The number of benzene rings is 2. The summed E-state index contributed by atoms with van der Waals surface area (Å²) >= 11 is 1.02. The molecule has 0 fully saturated rings. The van der Waals surface area contributed by atoms with E-state index in [9.17, 15) is 38.8 Å². The molecule has 0 atom stereocenters. The van der Waals surface area contributed by atoms with Gasteiger partial charge in [-0.25, -0.2) is 4.98 Å². The van der Waals surface area contributed by atoms with Crippen molar-refractivity contribution in [3.05, 3.63) is 69.2 Å². The number of hydrogen-bond donors (Lipinski definition) is 4. The Kier molecular flexibility index (Phi) is 5.84. The summed E-state index contributed by atoms with van der Waals surface area (Å²) in [5, 5.41) is 8.41. The lowest BCUT2D eigenvalue weighted by atomic mass is 10.1. The Bertz CT molecular complexity index is 1140. The number of nitrogens with zero attached hydrogens (tertiary/aromatic N) is 2. The van der Waals surface area contributed by atoms with E-state index in [0.717, 1.165) is 11.3 Å². The van der Waals surface area contributed by atoms with Gasteiger partial charge in [-0.2, -0.15) is 0 Å². The molecule has 29 heavy (non-hydrogen) atoms. The maximum absolute atomic E-state index is 12.0. The van der Waals surface area contributed by atoms with Crippen LogP contribution in [0.2, 0.25) is 0 Å². The molecule has 13 heteroatoms. The van der Waals surface area contributed by atoms with Gasteiger partial charge >= 0.3 is 15.2 Å². The van der Waals surface area contributed by atoms with Gasteiger partial charge in [0, 0.05) is 17.7 Å². The summed E-state index contributed by atoms with van der Waals surface area (Å²) in [5.41, 5.74) is 0.209. The predicted octanol–water partition coefficient (Wildman–Crippen LogP) is 3.43. The van der Waals surface area contributed by atoms with Crippen LogP contribution in [0.5, 0.6) is 0 Å². The third-order valence-corrected chi connectivity index (χ3v) is 8.60. The molecule has 3 aromatic rings. The van der Waals surface area contributed by atoms with Gasteiger partial charge in [-0.15, -0.1) is 11.3 Å². The summed E-state index contributed by atoms with van der Waals surface area (Å²) in [6, 6.07) is 11.8. The van der Waals surface area contributed by atoms with Crippen LogP contribution in [0.1, 0.15) is 10.6 Å². The number of nitro groups is 1. The van der Waals surface area contributed by atoms with E-state index >= 15 is 0 Å². The maximum Gasteiger partial charge on any atom is 0.345 e. The van der Waals surface area contributed by atoms with Crippen molar-refractivity contribution >= 4 is 54.1 Å². The van der Waals surface area contributed by atoms with Gasteiger partial charge in [0.25, 0.3) is 5.69 Å². The maximum atomic E-state index is 12.0. The summed E-state index contributed by atoms with van der Waals surface area (Å²) in [6.07, 6.45) is 1.17. The standard InChI is InChI=1S/C16H14N2O8P2S/c19-18(20)11-7-5-10(6-8-11)9-12(16(27(21,22)23)28(24,25)26)15-17-13-3-1-2-4-14(13)29-15/h1-9,16H,(H2,21,22,23)(H2,24,25,26)/b12-9+. The minimum atomic E-state index is -5.30. The number of hydrogen-bond acceptors (Lipinski definition) is 6. The number of allylic oxidation sites excluding steroid dienone is 1. The van der Waals surface area contributed by atoms with Crippen molar-refractivity contribution in [2.45, 2.75) is 5.40 Å². The van der Waals surface area contributed by atoms with Crippen molar-refractivity contribution in [3.8, 4) is 0 Å². The second-order valence-electron chi connectivity index (χ2n) is 5.99. The first-order chi connectivity index (χ1) is 13.5. The van der Waals surface area contributed by atoms with E-state index in [1.807, 2.05) is 0 Å². The van der Waals surface area contributed by atoms with Crippen molar-refractivity contribution < 1.29 is 33.6 Å². The SMILES string of the molecule is O=[N+]([O-])c1ccc(/C=C(\c2nc3ccccc3s2)C(P(=O)(O)O)P(=O)(O)O)cc1. The zero-order valence-electron chi connectivity index (χ0n) is 14.4. The molecule has 10 nitrogen and oxygen atoms in total. The van der Waals surface area contributed by atoms with Gasteiger partial charge in [0.1, 0.15) is 5.01 Å². The largest absolute Gasteiger partial charge is 0.345 e. The molecule has 0 amide bonds. The van der Waals surface area contributed by atoms with E-state index in [2.05, 4.69) is 4.98 Å². The number of thiazole rings is 1. The average Bonchev–Trinajstić information content (AvgIpc) is 3.03. The average molecular weight is 456 g/mol. The van der Waals surface area contributed by atoms with Crippen LogP contribution >= 0.6 is 26.5 Å². The summed E-state index contributed by atoms with van der Waals surface area (Å²) in [6.45, 7) is 0. The number of aromatic nitrogens is 1. The van der Waals surface area contributed by atoms with Crippen molar-refractivity contribution in [3.63, 3.8) is 0 Å². The third kappa shape index (κ3) is 4.85. The Morgan fingerprint density at radius 2 is 1.62 bits per heavy atom.